The Balaban J connectivity index is 1.72. The molecule has 0 bridgehead atoms. The molecule has 0 unspecified atom stereocenters. The Morgan fingerprint density at radius 3 is 2.83 bits per heavy atom. The number of rotatable bonds is 4. The van der Waals surface area contributed by atoms with Crippen LogP contribution in [0.3, 0.4) is 0 Å². The average Bonchev–Trinajstić information content (AvgIpc) is 2.97. The van der Waals surface area contributed by atoms with Crippen LogP contribution in [0, 0.1) is 5.82 Å². The second-order valence-corrected chi connectivity index (χ2v) is 5.82. The number of amides is 1. The number of pyridine rings is 1. The number of carbonyl (C=O) groups is 1. The molecule has 3 rings (SSSR count). The van der Waals surface area contributed by atoms with E-state index in [-0.39, 0.29) is 5.56 Å². The molecule has 0 aliphatic carbocycles. The van der Waals surface area contributed by atoms with Crippen LogP contribution in [0.2, 0.25) is 10.0 Å². The molecule has 122 valence electrons. The zero-order valence-corrected chi connectivity index (χ0v) is 13.7. The first-order valence-corrected chi connectivity index (χ1v) is 7.66. The summed E-state index contributed by atoms with van der Waals surface area (Å²) in [5, 5.41) is 7.82. The fourth-order valence-electron chi connectivity index (χ4n) is 2.10. The first kappa shape index (κ1) is 16.4. The van der Waals surface area contributed by atoms with Crippen LogP contribution < -0.4 is 5.32 Å². The van der Waals surface area contributed by atoms with E-state index in [0.29, 0.717) is 22.3 Å². The fourth-order valence-corrected chi connectivity index (χ4v) is 2.57. The van der Waals surface area contributed by atoms with E-state index in [1.165, 1.54) is 18.5 Å². The van der Waals surface area contributed by atoms with Gasteiger partial charge in [0, 0.05) is 22.4 Å². The molecule has 0 atom stereocenters. The monoisotopic (exact) mass is 364 g/mol. The molecule has 2 aromatic heterocycles. The van der Waals surface area contributed by atoms with Crippen molar-refractivity contribution in [3.63, 3.8) is 0 Å². The largest absolute Gasteiger partial charge is 0.319 e. The van der Waals surface area contributed by atoms with Gasteiger partial charge in [-0.1, -0.05) is 29.3 Å². The van der Waals surface area contributed by atoms with Crippen molar-refractivity contribution in [2.75, 3.05) is 5.32 Å². The van der Waals surface area contributed by atoms with E-state index in [0.717, 1.165) is 11.8 Å². The molecule has 8 heteroatoms. The van der Waals surface area contributed by atoms with Crippen LogP contribution in [0.5, 0.6) is 0 Å². The van der Waals surface area contributed by atoms with Crippen molar-refractivity contribution >= 4 is 34.8 Å². The van der Waals surface area contributed by atoms with Crippen LogP contribution in [0.4, 0.5) is 10.1 Å². The summed E-state index contributed by atoms with van der Waals surface area (Å²) in [6.07, 6.45) is 5.44. The van der Waals surface area contributed by atoms with Gasteiger partial charge in [0.15, 0.2) is 5.82 Å². The molecule has 0 aliphatic heterocycles. The smallest absolute Gasteiger partial charge is 0.258 e. The molecule has 0 saturated carbocycles. The maximum absolute atomic E-state index is 13.5. The Morgan fingerprint density at radius 1 is 1.25 bits per heavy atom. The van der Waals surface area contributed by atoms with E-state index >= 15 is 0 Å². The number of anilines is 1. The van der Waals surface area contributed by atoms with Gasteiger partial charge in [0.05, 0.1) is 30.2 Å². The van der Waals surface area contributed by atoms with E-state index in [4.69, 9.17) is 23.2 Å². The lowest BCUT2D eigenvalue weighted by Crippen LogP contribution is -2.13. The van der Waals surface area contributed by atoms with Crippen LogP contribution in [0.25, 0.3) is 0 Å². The van der Waals surface area contributed by atoms with E-state index in [2.05, 4.69) is 15.4 Å². The van der Waals surface area contributed by atoms with Gasteiger partial charge in [-0.3, -0.25) is 14.5 Å². The van der Waals surface area contributed by atoms with E-state index < -0.39 is 11.7 Å². The number of carbonyl (C=O) groups excluding carboxylic acids is 1. The van der Waals surface area contributed by atoms with Gasteiger partial charge in [0.2, 0.25) is 0 Å². The van der Waals surface area contributed by atoms with Crippen molar-refractivity contribution in [1.29, 1.82) is 0 Å². The number of nitrogens with zero attached hydrogens (tertiary/aromatic N) is 3. The lowest BCUT2D eigenvalue weighted by molar-refractivity contribution is 0.102. The summed E-state index contributed by atoms with van der Waals surface area (Å²) in [5.74, 6) is -1.26. The zero-order chi connectivity index (χ0) is 17.1. The first-order chi connectivity index (χ1) is 11.5. The number of aromatic nitrogens is 3. The van der Waals surface area contributed by atoms with Crippen LogP contribution >= 0.6 is 23.2 Å². The number of benzene rings is 1. The standard InChI is InChI=1S/C16H11Cl2FN4O/c17-11-2-1-10(14(18)5-11)8-23-9-12(6-21-23)22-16(24)13-3-4-20-7-15(13)19/h1-7,9H,8H2,(H,22,24). The van der Waals surface area contributed by atoms with Gasteiger partial charge in [-0.05, 0) is 23.8 Å². The minimum Gasteiger partial charge on any atom is -0.319 e. The highest BCUT2D eigenvalue weighted by atomic mass is 35.5. The molecule has 1 aromatic carbocycles. The van der Waals surface area contributed by atoms with Gasteiger partial charge >= 0.3 is 0 Å². The number of halogens is 3. The first-order valence-electron chi connectivity index (χ1n) is 6.90. The van der Waals surface area contributed by atoms with Crippen molar-refractivity contribution in [2.45, 2.75) is 6.54 Å². The molecule has 0 aliphatic rings. The fraction of sp³-hybridized carbons (Fsp3) is 0.0625. The SMILES string of the molecule is O=C(Nc1cnn(Cc2ccc(Cl)cc2Cl)c1)c1ccncc1F. The Morgan fingerprint density at radius 2 is 2.08 bits per heavy atom. The average molecular weight is 365 g/mol. The van der Waals surface area contributed by atoms with Crippen LogP contribution in [0.15, 0.2) is 49.1 Å². The number of nitrogens with one attached hydrogen (secondary N) is 1. The molecule has 1 amide bonds. The topological polar surface area (TPSA) is 59.8 Å². The third-order valence-corrected chi connectivity index (χ3v) is 3.84. The molecule has 0 saturated heterocycles. The van der Waals surface area contributed by atoms with Crippen molar-refractivity contribution in [3.8, 4) is 0 Å². The predicted octanol–water partition coefficient (Wildman–Crippen LogP) is 4.02. The molecule has 2 heterocycles. The van der Waals surface area contributed by atoms with E-state index in [1.807, 2.05) is 0 Å². The van der Waals surface area contributed by atoms with Crippen LogP contribution in [0.1, 0.15) is 15.9 Å². The number of hydrogen-bond donors (Lipinski definition) is 1. The molecule has 3 aromatic rings. The van der Waals surface area contributed by atoms with Crippen LogP contribution in [-0.4, -0.2) is 20.7 Å². The summed E-state index contributed by atoms with van der Waals surface area (Å²) in [6, 6.07) is 6.50. The molecule has 1 N–H and O–H groups in total. The molecule has 0 spiro atoms. The lowest BCUT2D eigenvalue weighted by atomic mass is 10.2. The minimum absolute atomic E-state index is 0.0847. The van der Waals surface area contributed by atoms with Gasteiger partial charge in [-0.15, -0.1) is 0 Å². The Kier molecular flexibility index (Phi) is 4.78. The van der Waals surface area contributed by atoms with Crippen molar-refractivity contribution in [1.82, 2.24) is 14.8 Å². The minimum atomic E-state index is -0.685. The van der Waals surface area contributed by atoms with Gasteiger partial charge in [0.25, 0.3) is 5.91 Å². The third kappa shape index (κ3) is 3.72. The predicted molar refractivity (Wildman–Crippen MR) is 89.9 cm³/mol. The quantitative estimate of drug-likeness (QED) is 0.760. The van der Waals surface area contributed by atoms with E-state index in [1.54, 1.807) is 29.1 Å². The van der Waals surface area contributed by atoms with Gasteiger partial charge in [0.1, 0.15) is 0 Å². The van der Waals surface area contributed by atoms with Crippen LogP contribution in [-0.2, 0) is 6.54 Å². The maximum Gasteiger partial charge on any atom is 0.258 e. The third-order valence-electron chi connectivity index (χ3n) is 3.26. The summed E-state index contributed by atoms with van der Waals surface area (Å²) in [6.45, 7) is 0.412. The summed E-state index contributed by atoms with van der Waals surface area (Å²) in [5.41, 5.74) is 1.20. The van der Waals surface area contributed by atoms with Gasteiger partial charge in [-0.2, -0.15) is 5.10 Å². The Bertz CT molecular complexity index is 897. The molecular formula is C16H11Cl2FN4O. The Hall–Kier alpha value is -2.44. The highest BCUT2D eigenvalue weighted by Crippen LogP contribution is 2.22. The summed E-state index contributed by atoms with van der Waals surface area (Å²) < 4.78 is 15.1. The summed E-state index contributed by atoms with van der Waals surface area (Å²) in [7, 11) is 0. The van der Waals surface area contributed by atoms with Crippen molar-refractivity contribution in [3.05, 3.63) is 76.0 Å². The van der Waals surface area contributed by atoms with Crippen molar-refractivity contribution < 1.29 is 9.18 Å². The molecule has 0 radical (unpaired) electrons. The zero-order valence-electron chi connectivity index (χ0n) is 12.2. The molecular weight excluding hydrogens is 354 g/mol. The highest BCUT2D eigenvalue weighted by molar-refractivity contribution is 6.35. The van der Waals surface area contributed by atoms with Crippen molar-refractivity contribution in [2.24, 2.45) is 0 Å². The maximum atomic E-state index is 13.5. The summed E-state index contributed by atoms with van der Waals surface area (Å²) >= 11 is 12.0. The summed E-state index contributed by atoms with van der Waals surface area (Å²) in [4.78, 5) is 15.6. The molecule has 5 nitrogen and oxygen atoms in total. The van der Waals surface area contributed by atoms with Gasteiger partial charge < -0.3 is 5.32 Å². The van der Waals surface area contributed by atoms with Gasteiger partial charge in [-0.25, -0.2) is 4.39 Å². The highest BCUT2D eigenvalue weighted by Gasteiger charge is 2.12. The number of hydrogen-bond acceptors (Lipinski definition) is 3. The molecule has 24 heavy (non-hydrogen) atoms. The second kappa shape index (κ2) is 6.98. The van der Waals surface area contributed by atoms with E-state index in [9.17, 15) is 9.18 Å². The molecule has 0 fully saturated rings. The lowest BCUT2D eigenvalue weighted by Gasteiger charge is -2.05. The Labute approximate surface area is 147 Å². The normalized spacial score (nSPS) is 10.6. The second-order valence-electron chi connectivity index (χ2n) is 4.97.